The molecule has 232 valence electrons. The van der Waals surface area contributed by atoms with Crippen molar-refractivity contribution in [3.63, 3.8) is 0 Å². The average molecular weight is 584 g/mol. The Morgan fingerprint density at radius 2 is 1.86 bits per heavy atom. The van der Waals surface area contributed by atoms with Crippen LogP contribution in [0.3, 0.4) is 0 Å². The molecule has 1 spiro atoms. The maximum absolute atomic E-state index is 14.3. The third kappa shape index (κ3) is 7.19. The fraction of sp³-hybridized carbons (Fsp3) is 0.688. The van der Waals surface area contributed by atoms with Crippen LogP contribution < -0.4 is 9.64 Å². The van der Waals surface area contributed by atoms with E-state index in [9.17, 15) is 9.18 Å². The lowest BCUT2D eigenvalue weighted by molar-refractivity contribution is -0.0345. The van der Waals surface area contributed by atoms with Crippen LogP contribution in [0.25, 0.3) is 0 Å². The van der Waals surface area contributed by atoms with E-state index in [1.54, 1.807) is 4.90 Å². The van der Waals surface area contributed by atoms with Crippen molar-refractivity contribution in [1.29, 1.82) is 0 Å². The normalized spacial score (nSPS) is 17.5. The van der Waals surface area contributed by atoms with Crippen LogP contribution in [-0.4, -0.2) is 100 Å². The maximum Gasteiger partial charge on any atom is 0.282 e. The van der Waals surface area contributed by atoms with E-state index < -0.39 is 5.82 Å². The fourth-order valence-electron chi connectivity index (χ4n) is 6.47. The lowest BCUT2D eigenvalue weighted by Crippen LogP contribution is -2.62. The van der Waals surface area contributed by atoms with E-state index in [1.807, 2.05) is 20.8 Å². The summed E-state index contributed by atoms with van der Waals surface area (Å²) in [6.45, 7) is 20.5. The molecule has 0 N–H and O–H groups in total. The Morgan fingerprint density at radius 1 is 1.12 bits per heavy atom. The zero-order chi connectivity index (χ0) is 30.6. The molecule has 0 bridgehead atoms. The summed E-state index contributed by atoms with van der Waals surface area (Å²) in [6, 6.07) is 5.13. The number of benzene rings is 1. The number of amides is 1. The Hall–Kier alpha value is -2.85. The van der Waals surface area contributed by atoms with Gasteiger partial charge < -0.3 is 19.4 Å². The molecule has 42 heavy (non-hydrogen) atoms. The molecule has 2 aliphatic rings. The molecule has 2 saturated heterocycles. The van der Waals surface area contributed by atoms with E-state index in [4.69, 9.17) is 4.74 Å². The lowest BCUT2D eigenvalue weighted by atomic mass is 9.76. The molecule has 1 aromatic carbocycles. The van der Waals surface area contributed by atoms with Gasteiger partial charge >= 0.3 is 0 Å². The Bertz CT molecular complexity index is 1200. The molecule has 9 nitrogen and oxygen atoms in total. The first-order valence-electron chi connectivity index (χ1n) is 15.6. The number of nitrogens with zero attached hydrogens (tertiary/aromatic N) is 7. The molecular formula is C32H50FN7O2. The molecule has 0 radical (unpaired) electrons. The summed E-state index contributed by atoms with van der Waals surface area (Å²) in [5.74, 6) is 0.916. The summed E-state index contributed by atoms with van der Waals surface area (Å²) < 4.78 is 20.5. The highest BCUT2D eigenvalue weighted by Crippen LogP contribution is 2.44. The molecule has 1 unspecified atom stereocenters. The molecule has 2 aliphatic heterocycles. The number of carbonyl (C=O) groups is 1. The minimum Gasteiger partial charge on any atom is -0.434 e. The van der Waals surface area contributed by atoms with Crippen molar-refractivity contribution in [3.05, 3.63) is 35.9 Å². The van der Waals surface area contributed by atoms with E-state index in [-0.39, 0.29) is 34.6 Å². The number of aromatic nitrogens is 3. The topological polar surface area (TPSA) is 77.9 Å². The van der Waals surface area contributed by atoms with Crippen LogP contribution in [0.1, 0.15) is 78.1 Å². The van der Waals surface area contributed by atoms with Crippen molar-refractivity contribution in [1.82, 2.24) is 29.9 Å². The van der Waals surface area contributed by atoms with E-state index in [0.717, 1.165) is 39.1 Å². The van der Waals surface area contributed by atoms with Gasteiger partial charge in [-0.05, 0) is 91.6 Å². The summed E-state index contributed by atoms with van der Waals surface area (Å²) in [6.07, 6.45) is 4.93. The van der Waals surface area contributed by atoms with Crippen molar-refractivity contribution in [2.24, 2.45) is 11.3 Å². The largest absolute Gasteiger partial charge is 0.434 e. The van der Waals surface area contributed by atoms with Gasteiger partial charge in [0.15, 0.2) is 5.82 Å². The Balaban J connectivity index is 1.44. The van der Waals surface area contributed by atoms with Gasteiger partial charge in [0.05, 0.1) is 5.56 Å². The second-order valence-corrected chi connectivity index (χ2v) is 13.1. The first kappa shape index (κ1) is 32.1. The van der Waals surface area contributed by atoms with Gasteiger partial charge in [0.2, 0.25) is 0 Å². The molecule has 4 rings (SSSR count). The van der Waals surface area contributed by atoms with Crippen molar-refractivity contribution in [2.75, 3.05) is 51.2 Å². The average Bonchev–Trinajstić information content (AvgIpc) is 3.37. The first-order valence-corrected chi connectivity index (χ1v) is 15.6. The zero-order valence-electron chi connectivity index (χ0n) is 26.8. The standard InChI is InChI=1S/C32H50FN7O2/c1-9-40(24(6)7)31(41)26-17-25(33)12-13-28(26)42-30-29(34-21-35-36-30)38-16-14-32(18-38)19-39(20-32)27(22(2)3)11-10-15-37(8)23(4)5/h12-13,17,21-24,27H,9-11,14-16,18-20H2,1-8H3. The van der Waals surface area contributed by atoms with Crippen molar-refractivity contribution in [2.45, 2.75) is 85.9 Å². The van der Waals surface area contributed by atoms with Crippen LogP contribution in [0, 0.1) is 17.2 Å². The summed E-state index contributed by atoms with van der Waals surface area (Å²) >= 11 is 0. The van der Waals surface area contributed by atoms with Gasteiger partial charge in [0, 0.05) is 56.3 Å². The second kappa shape index (κ2) is 13.6. The van der Waals surface area contributed by atoms with Gasteiger partial charge in [-0.3, -0.25) is 9.69 Å². The molecule has 1 amide bonds. The predicted molar refractivity (Wildman–Crippen MR) is 165 cm³/mol. The van der Waals surface area contributed by atoms with Crippen LogP contribution >= 0.6 is 0 Å². The molecule has 2 fully saturated rings. The van der Waals surface area contributed by atoms with E-state index >= 15 is 0 Å². The van der Waals surface area contributed by atoms with Gasteiger partial charge in [0.25, 0.3) is 11.8 Å². The van der Waals surface area contributed by atoms with Crippen molar-refractivity contribution in [3.8, 4) is 11.6 Å². The first-order chi connectivity index (χ1) is 19.9. The summed E-state index contributed by atoms with van der Waals surface area (Å²) in [5, 5.41) is 8.22. The molecule has 1 atom stereocenters. The highest BCUT2D eigenvalue weighted by atomic mass is 19.1. The highest BCUT2D eigenvalue weighted by Gasteiger charge is 2.50. The monoisotopic (exact) mass is 583 g/mol. The number of rotatable bonds is 13. The number of ether oxygens (including phenoxy) is 1. The fourth-order valence-corrected chi connectivity index (χ4v) is 6.47. The minimum atomic E-state index is -0.495. The molecule has 2 aromatic rings. The summed E-state index contributed by atoms with van der Waals surface area (Å²) in [4.78, 5) is 26.9. The van der Waals surface area contributed by atoms with Crippen molar-refractivity contribution >= 4 is 11.7 Å². The third-order valence-electron chi connectivity index (χ3n) is 9.12. The summed E-state index contributed by atoms with van der Waals surface area (Å²) in [5.41, 5.74) is 0.383. The van der Waals surface area contributed by atoms with Gasteiger partial charge in [-0.1, -0.05) is 13.8 Å². The van der Waals surface area contributed by atoms with Crippen LogP contribution in [0.2, 0.25) is 0 Å². The molecule has 0 aliphatic carbocycles. The number of halogens is 1. The molecule has 10 heteroatoms. The predicted octanol–water partition coefficient (Wildman–Crippen LogP) is 5.33. The van der Waals surface area contributed by atoms with E-state index in [1.165, 1.54) is 37.4 Å². The summed E-state index contributed by atoms with van der Waals surface area (Å²) in [7, 11) is 2.21. The minimum absolute atomic E-state index is 0.0353. The van der Waals surface area contributed by atoms with Gasteiger partial charge in [0.1, 0.15) is 17.9 Å². The third-order valence-corrected chi connectivity index (χ3v) is 9.12. The molecule has 1 aromatic heterocycles. The number of likely N-dealkylation sites (tertiary alicyclic amines) is 1. The number of hydrogen-bond acceptors (Lipinski definition) is 8. The van der Waals surface area contributed by atoms with Gasteiger partial charge in [-0.15, -0.1) is 10.2 Å². The van der Waals surface area contributed by atoms with Crippen LogP contribution in [0.15, 0.2) is 24.5 Å². The highest BCUT2D eigenvalue weighted by molar-refractivity contribution is 5.97. The number of carbonyl (C=O) groups excluding carboxylic acids is 1. The Labute approximate surface area is 251 Å². The van der Waals surface area contributed by atoms with Crippen LogP contribution in [0.4, 0.5) is 10.2 Å². The second-order valence-electron chi connectivity index (χ2n) is 13.1. The molecular weight excluding hydrogens is 533 g/mol. The Kier molecular flexibility index (Phi) is 10.4. The number of anilines is 1. The lowest BCUT2D eigenvalue weighted by Gasteiger charge is -2.53. The quantitative estimate of drug-likeness (QED) is 0.313. The van der Waals surface area contributed by atoms with Crippen molar-refractivity contribution < 1.29 is 13.9 Å². The van der Waals surface area contributed by atoms with Gasteiger partial charge in [-0.2, -0.15) is 0 Å². The smallest absolute Gasteiger partial charge is 0.282 e. The molecule has 3 heterocycles. The molecule has 0 saturated carbocycles. The van der Waals surface area contributed by atoms with Crippen LogP contribution in [-0.2, 0) is 0 Å². The van der Waals surface area contributed by atoms with Gasteiger partial charge in [-0.25, -0.2) is 9.37 Å². The van der Waals surface area contributed by atoms with E-state index in [2.05, 4.69) is 64.6 Å². The SMILES string of the molecule is CCN(C(=O)c1cc(F)ccc1Oc1nncnc1N1CCC2(C1)CN(C(CCCN(C)C(C)C)C(C)C)C2)C(C)C. The maximum atomic E-state index is 14.3. The van der Waals surface area contributed by atoms with Crippen LogP contribution in [0.5, 0.6) is 11.6 Å². The number of hydrogen-bond donors (Lipinski definition) is 0. The Morgan fingerprint density at radius 3 is 2.50 bits per heavy atom. The van der Waals surface area contributed by atoms with E-state index in [0.29, 0.717) is 30.4 Å². The zero-order valence-corrected chi connectivity index (χ0v) is 26.8.